The molecule has 1 aliphatic carbocycles. The minimum atomic E-state index is -0.116. The first kappa shape index (κ1) is 17.1. The van der Waals surface area contributed by atoms with Gasteiger partial charge in [-0.15, -0.1) is 10.2 Å². The van der Waals surface area contributed by atoms with Gasteiger partial charge in [0.15, 0.2) is 11.0 Å². The topological polar surface area (TPSA) is 89.3 Å². The molecule has 0 bridgehead atoms. The molecule has 140 valence electrons. The summed E-state index contributed by atoms with van der Waals surface area (Å²) < 4.78 is 2.20. The summed E-state index contributed by atoms with van der Waals surface area (Å²) in [5, 5.41) is 10.3. The van der Waals surface area contributed by atoms with Crippen molar-refractivity contribution in [2.75, 3.05) is 0 Å². The second kappa shape index (κ2) is 6.87. The Bertz CT molecular complexity index is 1200. The Kier molecular flexibility index (Phi) is 4.20. The lowest BCUT2D eigenvalue weighted by atomic mass is 10.2. The predicted octanol–water partition coefficient (Wildman–Crippen LogP) is 3.76. The molecule has 0 amide bonds. The van der Waals surface area contributed by atoms with Crippen molar-refractivity contribution in [3.8, 4) is 11.4 Å². The van der Waals surface area contributed by atoms with Crippen molar-refractivity contribution in [2.45, 2.75) is 36.2 Å². The third-order valence-electron chi connectivity index (χ3n) is 4.81. The van der Waals surface area contributed by atoms with E-state index in [0.29, 0.717) is 22.8 Å². The van der Waals surface area contributed by atoms with E-state index < -0.39 is 0 Å². The molecule has 7 nitrogen and oxygen atoms in total. The summed E-state index contributed by atoms with van der Waals surface area (Å²) in [6, 6.07) is 11.7. The lowest BCUT2D eigenvalue weighted by Crippen LogP contribution is -2.13. The Labute approximate surface area is 165 Å². The first-order valence-corrected chi connectivity index (χ1v) is 10.1. The molecular weight excluding hydrogens is 372 g/mol. The average molecular weight is 390 g/mol. The third kappa shape index (κ3) is 3.09. The van der Waals surface area contributed by atoms with Crippen molar-refractivity contribution in [1.29, 1.82) is 0 Å². The molecule has 0 radical (unpaired) electrons. The SMILES string of the molecule is C[C@@H](Sc1nnc(-c2ccncc2)n1C1CC1)c1nc2ccccc2c(=O)[nH]1. The van der Waals surface area contributed by atoms with E-state index in [1.807, 2.05) is 37.3 Å². The van der Waals surface area contributed by atoms with E-state index in [1.54, 1.807) is 30.2 Å². The molecule has 1 fully saturated rings. The summed E-state index contributed by atoms with van der Waals surface area (Å²) in [4.78, 5) is 24.0. The molecule has 1 atom stereocenters. The van der Waals surface area contributed by atoms with Crippen LogP contribution in [0.4, 0.5) is 0 Å². The number of benzene rings is 1. The van der Waals surface area contributed by atoms with Gasteiger partial charge in [0, 0.05) is 24.0 Å². The lowest BCUT2D eigenvalue weighted by Gasteiger charge is -2.13. The largest absolute Gasteiger partial charge is 0.309 e. The molecule has 0 saturated heterocycles. The van der Waals surface area contributed by atoms with Gasteiger partial charge >= 0.3 is 0 Å². The third-order valence-corrected chi connectivity index (χ3v) is 5.88. The highest BCUT2D eigenvalue weighted by Gasteiger charge is 2.31. The molecule has 3 aromatic heterocycles. The van der Waals surface area contributed by atoms with Crippen LogP contribution in [0.25, 0.3) is 22.3 Å². The van der Waals surface area contributed by atoms with Gasteiger partial charge in [-0.1, -0.05) is 23.9 Å². The van der Waals surface area contributed by atoms with Crippen LogP contribution >= 0.6 is 11.8 Å². The highest BCUT2D eigenvalue weighted by Crippen LogP contribution is 2.43. The second-order valence-electron chi connectivity index (χ2n) is 6.87. The van der Waals surface area contributed by atoms with Crippen LogP contribution in [0.15, 0.2) is 58.7 Å². The maximum Gasteiger partial charge on any atom is 0.258 e. The molecule has 0 spiro atoms. The fourth-order valence-corrected chi connectivity index (χ4v) is 4.20. The molecule has 28 heavy (non-hydrogen) atoms. The zero-order chi connectivity index (χ0) is 19.1. The number of nitrogens with zero attached hydrogens (tertiary/aromatic N) is 5. The quantitative estimate of drug-likeness (QED) is 0.522. The summed E-state index contributed by atoms with van der Waals surface area (Å²) in [5.74, 6) is 1.50. The van der Waals surface area contributed by atoms with Gasteiger partial charge in [-0.25, -0.2) is 4.98 Å². The summed E-state index contributed by atoms with van der Waals surface area (Å²) in [6.45, 7) is 2.02. The second-order valence-corrected chi connectivity index (χ2v) is 8.18. The fourth-order valence-electron chi connectivity index (χ4n) is 3.23. The van der Waals surface area contributed by atoms with Crippen LogP contribution in [0, 0.1) is 0 Å². The van der Waals surface area contributed by atoms with Crippen molar-refractivity contribution in [3.63, 3.8) is 0 Å². The maximum absolute atomic E-state index is 12.4. The van der Waals surface area contributed by atoms with Crippen LogP contribution in [0.5, 0.6) is 0 Å². The Morgan fingerprint density at radius 2 is 1.93 bits per heavy atom. The maximum atomic E-state index is 12.4. The van der Waals surface area contributed by atoms with Crippen LogP contribution in [0.1, 0.15) is 36.9 Å². The predicted molar refractivity (Wildman–Crippen MR) is 108 cm³/mol. The minimum Gasteiger partial charge on any atom is -0.309 e. The van der Waals surface area contributed by atoms with Gasteiger partial charge in [0.05, 0.1) is 16.2 Å². The molecule has 1 saturated carbocycles. The number of nitrogens with one attached hydrogen (secondary N) is 1. The number of thioether (sulfide) groups is 1. The monoisotopic (exact) mass is 390 g/mol. The van der Waals surface area contributed by atoms with E-state index in [0.717, 1.165) is 29.4 Å². The number of aromatic amines is 1. The minimum absolute atomic E-state index is 0.0655. The summed E-state index contributed by atoms with van der Waals surface area (Å²) in [6.07, 6.45) is 5.78. The van der Waals surface area contributed by atoms with E-state index in [9.17, 15) is 4.79 Å². The van der Waals surface area contributed by atoms with Crippen molar-refractivity contribution in [1.82, 2.24) is 29.7 Å². The molecule has 1 aliphatic rings. The first-order valence-electron chi connectivity index (χ1n) is 9.21. The first-order chi connectivity index (χ1) is 13.7. The van der Waals surface area contributed by atoms with E-state index in [-0.39, 0.29) is 10.8 Å². The van der Waals surface area contributed by atoms with Gasteiger partial charge in [-0.05, 0) is 44.0 Å². The number of pyridine rings is 1. The van der Waals surface area contributed by atoms with E-state index >= 15 is 0 Å². The van der Waals surface area contributed by atoms with Gasteiger partial charge in [-0.3, -0.25) is 14.3 Å². The number of rotatable bonds is 5. The van der Waals surface area contributed by atoms with Crippen molar-refractivity contribution >= 4 is 22.7 Å². The molecule has 0 unspecified atom stereocenters. The average Bonchev–Trinajstić information content (AvgIpc) is 3.48. The highest BCUT2D eigenvalue weighted by atomic mass is 32.2. The molecule has 4 aromatic rings. The number of fused-ring (bicyclic) bond motifs is 1. The number of aromatic nitrogens is 6. The van der Waals surface area contributed by atoms with E-state index in [1.165, 1.54) is 0 Å². The van der Waals surface area contributed by atoms with Gasteiger partial charge in [-0.2, -0.15) is 0 Å². The molecular formula is C20H18N6OS. The zero-order valence-corrected chi connectivity index (χ0v) is 16.1. The van der Waals surface area contributed by atoms with Gasteiger partial charge in [0.2, 0.25) is 0 Å². The Balaban J connectivity index is 1.50. The Hall–Kier alpha value is -3.00. The van der Waals surface area contributed by atoms with Crippen molar-refractivity contribution in [2.24, 2.45) is 0 Å². The van der Waals surface area contributed by atoms with Crippen LogP contribution in [-0.4, -0.2) is 29.7 Å². The molecule has 5 rings (SSSR count). The van der Waals surface area contributed by atoms with E-state index in [2.05, 4.69) is 29.7 Å². The summed E-state index contributed by atoms with van der Waals surface area (Å²) in [7, 11) is 0. The number of hydrogen-bond acceptors (Lipinski definition) is 6. The zero-order valence-electron chi connectivity index (χ0n) is 15.2. The number of H-pyrrole nitrogens is 1. The van der Waals surface area contributed by atoms with Crippen LogP contribution in [0.2, 0.25) is 0 Å². The Morgan fingerprint density at radius 1 is 1.14 bits per heavy atom. The highest BCUT2D eigenvalue weighted by molar-refractivity contribution is 7.99. The van der Waals surface area contributed by atoms with Crippen LogP contribution in [0.3, 0.4) is 0 Å². The normalized spacial score (nSPS) is 15.0. The molecule has 1 aromatic carbocycles. The molecule has 8 heteroatoms. The van der Waals surface area contributed by atoms with E-state index in [4.69, 9.17) is 0 Å². The number of para-hydroxylation sites is 1. The van der Waals surface area contributed by atoms with Crippen molar-refractivity contribution in [3.05, 3.63) is 65.0 Å². The van der Waals surface area contributed by atoms with Crippen LogP contribution < -0.4 is 5.56 Å². The standard InChI is InChI=1S/C20H18N6OS/c1-12(17-22-16-5-3-2-4-15(16)19(27)23-17)28-20-25-24-18(26(20)14-6-7-14)13-8-10-21-11-9-13/h2-5,8-12,14H,6-7H2,1H3,(H,22,23,27)/t12-/m1/s1. The molecule has 3 heterocycles. The number of hydrogen-bond donors (Lipinski definition) is 1. The van der Waals surface area contributed by atoms with Gasteiger partial charge < -0.3 is 4.98 Å². The molecule has 1 N–H and O–H groups in total. The summed E-state index contributed by atoms with van der Waals surface area (Å²) in [5.41, 5.74) is 1.59. The fraction of sp³-hybridized carbons (Fsp3) is 0.250. The van der Waals surface area contributed by atoms with Crippen LogP contribution in [-0.2, 0) is 0 Å². The lowest BCUT2D eigenvalue weighted by molar-refractivity contribution is 0.667. The van der Waals surface area contributed by atoms with Crippen molar-refractivity contribution < 1.29 is 0 Å². The van der Waals surface area contributed by atoms with Gasteiger partial charge in [0.1, 0.15) is 5.82 Å². The van der Waals surface area contributed by atoms with Gasteiger partial charge in [0.25, 0.3) is 5.56 Å². The summed E-state index contributed by atoms with van der Waals surface area (Å²) >= 11 is 1.57. The molecule has 0 aliphatic heterocycles. The Morgan fingerprint density at radius 3 is 2.71 bits per heavy atom. The smallest absolute Gasteiger partial charge is 0.258 e.